The summed E-state index contributed by atoms with van der Waals surface area (Å²) in [6, 6.07) is 8.25. The summed E-state index contributed by atoms with van der Waals surface area (Å²) in [6.45, 7) is 2.06. The van der Waals surface area contributed by atoms with Crippen molar-refractivity contribution < 1.29 is 8.42 Å². The van der Waals surface area contributed by atoms with Crippen LogP contribution in [0.1, 0.15) is 24.9 Å². The molecule has 1 N–H and O–H groups in total. The molecule has 2 unspecified atom stereocenters. The summed E-state index contributed by atoms with van der Waals surface area (Å²) in [5.74, 6) is 0.579. The summed E-state index contributed by atoms with van der Waals surface area (Å²) in [4.78, 5) is 0. The van der Waals surface area contributed by atoms with Gasteiger partial charge in [0.15, 0.2) is 9.84 Å². The highest BCUT2D eigenvalue weighted by atomic mass is 79.9. The summed E-state index contributed by atoms with van der Waals surface area (Å²) >= 11 is 3.51. The lowest BCUT2D eigenvalue weighted by molar-refractivity contribution is 0.484. The highest BCUT2D eigenvalue weighted by Gasteiger charge is 2.28. The summed E-state index contributed by atoms with van der Waals surface area (Å²) in [6.07, 6.45) is 0.719. The zero-order chi connectivity index (χ0) is 12.5. The fourth-order valence-corrected chi connectivity index (χ4v) is 4.51. The predicted molar refractivity (Wildman–Crippen MR) is 72.8 cm³/mol. The quantitative estimate of drug-likeness (QED) is 0.930. The smallest absolute Gasteiger partial charge is 0.151 e. The van der Waals surface area contributed by atoms with Gasteiger partial charge in [0.25, 0.3) is 0 Å². The minimum absolute atomic E-state index is 0.0853. The summed E-state index contributed by atoms with van der Waals surface area (Å²) in [5, 5.41) is 3.38. The fourth-order valence-electron chi connectivity index (χ4n) is 2.20. The van der Waals surface area contributed by atoms with E-state index >= 15 is 0 Å². The third kappa shape index (κ3) is 3.30. The lowest BCUT2D eigenvalue weighted by atomic mass is 10.1. The van der Waals surface area contributed by atoms with Gasteiger partial charge in [-0.25, -0.2) is 8.42 Å². The van der Waals surface area contributed by atoms with E-state index < -0.39 is 9.84 Å². The van der Waals surface area contributed by atoms with Gasteiger partial charge in [0, 0.05) is 16.6 Å². The largest absolute Gasteiger partial charge is 0.306 e. The third-order valence-electron chi connectivity index (χ3n) is 3.09. The van der Waals surface area contributed by atoms with Crippen molar-refractivity contribution in [3.8, 4) is 0 Å². The van der Waals surface area contributed by atoms with E-state index in [0.29, 0.717) is 5.75 Å². The first-order chi connectivity index (χ1) is 7.98. The Morgan fingerprint density at radius 3 is 2.71 bits per heavy atom. The summed E-state index contributed by atoms with van der Waals surface area (Å²) in [5.41, 5.74) is 1.16. The van der Waals surface area contributed by atoms with Gasteiger partial charge in [-0.15, -0.1) is 0 Å². The molecule has 2 rings (SSSR count). The van der Waals surface area contributed by atoms with Crippen LogP contribution in [0, 0.1) is 0 Å². The number of hydrogen-bond acceptors (Lipinski definition) is 3. The van der Waals surface area contributed by atoms with Crippen LogP contribution in [0.2, 0.25) is 0 Å². The Balaban J connectivity index is 2.03. The van der Waals surface area contributed by atoms with Crippen molar-refractivity contribution in [1.82, 2.24) is 5.32 Å². The van der Waals surface area contributed by atoms with Crippen LogP contribution in [-0.2, 0) is 9.84 Å². The molecular weight excluding hydrogens is 302 g/mol. The van der Waals surface area contributed by atoms with Gasteiger partial charge in [-0.1, -0.05) is 34.1 Å². The zero-order valence-corrected chi connectivity index (χ0v) is 12.1. The zero-order valence-electron chi connectivity index (χ0n) is 9.69. The van der Waals surface area contributed by atoms with Crippen molar-refractivity contribution in [2.75, 3.05) is 11.5 Å². The Hall–Kier alpha value is -0.390. The second-order valence-corrected chi connectivity index (χ2v) is 7.59. The van der Waals surface area contributed by atoms with E-state index in [1.54, 1.807) is 0 Å². The van der Waals surface area contributed by atoms with E-state index in [0.717, 1.165) is 16.5 Å². The van der Waals surface area contributed by atoms with Crippen molar-refractivity contribution in [1.29, 1.82) is 0 Å². The second kappa shape index (κ2) is 5.08. The Kier molecular flexibility index (Phi) is 3.90. The predicted octanol–water partition coefficient (Wildman–Crippen LogP) is 2.29. The number of rotatable bonds is 3. The molecule has 1 aromatic rings. The molecule has 3 nitrogen and oxygen atoms in total. The van der Waals surface area contributed by atoms with Crippen LogP contribution in [0.4, 0.5) is 0 Å². The Labute approximate surface area is 111 Å². The van der Waals surface area contributed by atoms with Gasteiger partial charge in [0.2, 0.25) is 0 Å². The minimum Gasteiger partial charge on any atom is -0.306 e. The van der Waals surface area contributed by atoms with Crippen LogP contribution in [0.15, 0.2) is 28.7 Å². The molecule has 0 amide bonds. The molecule has 0 bridgehead atoms. The standard InChI is InChI=1S/C12H16BrNO2S/c1-9(11-4-2-3-5-12(11)13)14-10-6-7-17(15,16)8-10/h2-5,9-10,14H,6-8H2,1H3. The molecule has 0 radical (unpaired) electrons. The van der Waals surface area contributed by atoms with Crippen molar-refractivity contribution in [3.63, 3.8) is 0 Å². The van der Waals surface area contributed by atoms with Crippen molar-refractivity contribution in [2.24, 2.45) is 0 Å². The number of halogens is 1. The normalized spacial score (nSPS) is 24.7. The van der Waals surface area contributed by atoms with Crippen LogP contribution >= 0.6 is 15.9 Å². The summed E-state index contributed by atoms with van der Waals surface area (Å²) in [7, 11) is -2.81. The lowest BCUT2D eigenvalue weighted by Gasteiger charge is -2.19. The van der Waals surface area contributed by atoms with Crippen LogP contribution < -0.4 is 5.32 Å². The van der Waals surface area contributed by atoms with Gasteiger partial charge >= 0.3 is 0 Å². The van der Waals surface area contributed by atoms with Gasteiger partial charge in [0.1, 0.15) is 0 Å². The van der Waals surface area contributed by atoms with Gasteiger partial charge in [-0.05, 0) is 25.0 Å². The highest BCUT2D eigenvalue weighted by Crippen LogP contribution is 2.24. The summed E-state index contributed by atoms with van der Waals surface area (Å²) < 4.78 is 23.8. The first-order valence-electron chi connectivity index (χ1n) is 5.69. The molecule has 17 heavy (non-hydrogen) atoms. The Bertz CT molecular complexity index is 501. The molecule has 1 aliphatic heterocycles. The van der Waals surface area contributed by atoms with Gasteiger partial charge < -0.3 is 5.32 Å². The molecule has 2 atom stereocenters. The number of sulfone groups is 1. The number of hydrogen-bond donors (Lipinski definition) is 1. The number of nitrogens with one attached hydrogen (secondary N) is 1. The van der Waals surface area contributed by atoms with Gasteiger partial charge in [-0.3, -0.25) is 0 Å². The van der Waals surface area contributed by atoms with E-state index in [2.05, 4.69) is 28.2 Å². The first-order valence-corrected chi connectivity index (χ1v) is 8.30. The van der Waals surface area contributed by atoms with Gasteiger partial charge in [-0.2, -0.15) is 0 Å². The second-order valence-electron chi connectivity index (χ2n) is 4.51. The molecule has 94 valence electrons. The molecule has 1 aromatic carbocycles. The van der Waals surface area contributed by atoms with Crippen LogP contribution in [0.3, 0.4) is 0 Å². The van der Waals surface area contributed by atoms with Gasteiger partial charge in [0.05, 0.1) is 11.5 Å². The van der Waals surface area contributed by atoms with Crippen molar-refractivity contribution >= 4 is 25.8 Å². The van der Waals surface area contributed by atoms with E-state index in [9.17, 15) is 8.42 Å². The molecule has 0 aromatic heterocycles. The minimum atomic E-state index is -2.81. The van der Waals surface area contributed by atoms with E-state index in [1.807, 2.05) is 24.3 Å². The molecular formula is C12H16BrNO2S. The molecule has 1 aliphatic rings. The number of benzene rings is 1. The lowest BCUT2D eigenvalue weighted by Crippen LogP contribution is -2.32. The van der Waals surface area contributed by atoms with Crippen molar-refractivity contribution in [3.05, 3.63) is 34.3 Å². The molecule has 1 saturated heterocycles. The molecule has 0 saturated carbocycles. The Morgan fingerprint density at radius 1 is 1.41 bits per heavy atom. The highest BCUT2D eigenvalue weighted by molar-refractivity contribution is 9.10. The average molecular weight is 318 g/mol. The third-order valence-corrected chi connectivity index (χ3v) is 5.58. The molecule has 5 heteroatoms. The average Bonchev–Trinajstić information content (AvgIpc) is 2.58. The van der Waals surface area contributed by atoms with E-state index in [4.69, 9.17) is 0 Å². The molecule has 1 fully saturated rings. The SMILES string of the molecule is CC(NC1CCS(=O)(=O)C1)c1ccccc1Br. The molecule has 0 spiro atoms. The molecule has 0 aliphatic carbocycles. The maximum absolute atomic E-state index is 11.4. The maximum atomic E-state index is 11.4. The molecule has 1 heterocycles. The first kappa shape index (κ1) is 13.1. The monoisotopic (exact) mass is 317 g/mol. The topological polar surface area (TPSA) is 46.2 Å². The fraction of sp³-hybridized carbons (Fsp3) is 0.500. The van der Waals surface area contributed by atoms with Crippen LogP contribution in [-0.4, -0.2) is 26.0 Å². The maximum Gasteiger partial charge on any atom is 0.151 e. The van der Waals surface area contributed by atoms with E-state index in [1.165, 1.54) is 0 Å². The Morgan fingerprint density at radius 2 is 2.12 bits per heavy atom. The van der Waals surface area contributed by atoms with Crippen LogP contribution in [0.25, 0.3) is 0 Å². The van der Waals surface area contributed by atoms with E-state index in [-0.39, 0.29) is 17.8 Å². The van der Waals surface area contributed by atoms with Crippen LogP contribution in [0.5, 0.6) is 0 Å². The van der Waals surface area contributed by atoms with Crippen molar-refractivity contribution in [2.45, 2.75) is 25.4 Å².